The van der Waals surface area contributed by atoms with Crippen molar-refractivity contribution in [3.05, 3.63) is 18.1 Å². The zero-order valence-corrected chi connectivity index (χ0v) is 13.8. The molecule has 0 saturated heterocycles. The summed E-state index contributed by atoms with van der Waals surface area (Å²) in [5.41, 5.74) is 1.01. The van der Waals surface area contributed by atoms with E-state index in [1.165, 1.54) is 0 Å². The zero-order valence-electron chi connectivity index (χ0n) is 13.8. The Bertz CT molecular complexity index is 378. The highest BCUT2D eigenvalue weighted by atomic mass is 15.2. The third kappa shape index (κ3) is 6.33. The summed E-state index contributed by atoms with van der Waals surface area (Å²) in [6.45, 7) is 16.1. The monoisotopic (exact) mass is 278 g/mol. The summed E-state index contributed by atoms with van der Waals surface area (Å²) >= 11 is 0. The van der Waals surface area contributed by atoms with Gasteiger partial charge in [0.2, 0.25) is 0 Å². The van der Waals surface area contributed by atoms with Crippen LogP contribution in [-0.4, -0.2) is 29.1 Å². The van der Waals surface area contributed by atoms with Gasteiger partial charge in [-0.3, -0.25) is 4.98 Å². The van der Waals surface area contributed by atoms with Crippen LogP contribution in [0.3, 0.4) is 0 Å². The maximum atomic E-state index is 4.75. The summed E-state index contributed by atoms with van der Waals surface area (Å²) in [7, 11) is 0. The van der Waals surface area contributed by atoms with Crippen LogP contribution in [-0.2, 0) is 6.54 Å². The highest BCUT2D eigenvalue weighted by Crippen LogP contribution is 2.14. The van der Waals surface area contributed by atoms with Crippen LogP contribution in [0, 0.1) is 11.8 Å². The predicted octanol–water partition coefficient (Wildman–Crippen LogP) is 3.09. The minimum absolute atomic E-state index is 0.461. The van der Waals surface area contributed by atoms with E-state index >= 15 is 0 Å². The first-order valence-corrected chi connectivity index (χ1v) is 7.67. The van der Waals surface area contributed by atoms with Gasteiger partial charge in [-0.1, -0.05) is 41.5 Å². The van der Waals surface area contributed by atoms with Crippen LogP contribution in [0.15, 0.2) is 12.4 Å². The highest BCUT2D eigenvalue weighted by Gasteiger charge is 2.12. The van der Waals surface area contributed by atoms with Crippen LogP contribution in [0.4, 0.5) is 5.82 Å². The second-order valence-electron chi connectivity index (χ2n) is 6.60. The SMILES string of the molecule is CC(C)CN(CC(C)C)c1cncc(CNC(C)C)n1. The summed E-state index contributed by atoms with van der Waals surface area (Å²) in [6, 6.07) is 0.461. The Balaban J connectivity index is 2.81. The van der Waals surface area contributed by atoms with Crippen molar-refractivity contribution in [3.63, 3.8) is 0 Å². The minimum Gasteiger partial charge on any atom is -0.355 e. The number of rotatable bonds is 8. The second kappa shape index (κ2) is 8.20. The second-order valence-corrected chi connectivity index (χ2v) is 6.60. The molecule has 1 N–H and O–H groups in total. The fourth-order valence-electron chi connectivity index (χ4n) is 2.08. The Morgan fingerprint density at radius 3 is 2.10 bits per heavy atom. The third-order valence-electron chi connectivity index (χ3n) is 2.86. The van der Waals surface area contributed by atoms with Gasteiger partial charge in [-0.2, -0.15) is 0 Å². The molecule has 0 unspecified atom stereocenters. The molecule has 20 heavy (non-hydrogen) atoms. The Morgan fingerprint density at radius 2 is 1.60 bits per heavy atom. The topological polar surface area (TPSA) is 41.1 Å². The molecule has 0 aliphatic rings. The molecule has 4 heteroatoms. The van der Waals surface area contributed by atoms with Crippen molar-refractivity contribution >= 4 is 5.82 Å². The standard InChI is InChI=1S/C16H30N4/c1-12(2)10-20(11-13(3)4)16-9-17-7-15(19-16)8-18-14(5)6/h7,9,12-14,18H,8,10-11H2,1-6H3. The average molecular weight is 278 g/mol. The van der Waals surface area contributed by atoms with Crippen molar-refractivity contribution in [2.75, 3.05) is 18.0 Å². The van der Waals surface area contributed by atoms with E-state index in [0.29, 0.717) is 17.9 Å². The van der Waals surface area contributed by atoms with Gasteiger partial charge in [0, 0.05) is 31.9 Å². The van der Waals surface area contributed by atoms with E-state index in [9.17, 15) is 0 Å². The van der Waals surface area contributed by atoms with Gasteiger partial charge in [0.15, 0.2) is 0 Å². The van der Waals surface area contributed by atoms with Gasteiger partial charge >= 0.3 is 0 Å². The molecule has 0 fully saturated rings. The largest absolute Gasteiger partial charge is 0.355 e. The van der Waals surface area contributed by atoms with Crippen molar-refractivity contribution < 1.29 is 0 Å². The van der Waals surface area contributed by atoms with Crippen molar-refractivity contribution in [2.24, 2.45) is 11.8 Å². The molecule has 0 spiro atoms. The molecule has 0 atom stereocenters. The highest BCUT2D eigenvalue weighted by molar-refractivity contribution is 5.36. The first-order chi connectivity index (χ1) is 9.38. The van der Waals surface area contributed by atoms with Crippen molar-refractivity contribution in [1.82, 2.24) is 15.3 Å². The van der Waals surface area contributed by atoms with Crippen LogP contribution in [0.1, 0.15) is 47.2 Å². The van der Waals surface area contributed by atoms with Crippen molar-refractivity contribution in [3.8, 4) is 0 Å². The lowest BCUT2D eigenvalue weighted by Crippen LogP contribution is -2.32. The van der Waals surface area contributed by atoms with E-state index in [4.69, 9.17) is 4.98 Å². The molecular formula is C16H30N4. The molecule has 4 nitrogen and oxygen atoms in total. The number of hydrogen-bond donors (Lipinski definition) is 1. The van der Waals surface area contributed by atoms with E-state index in [0.717, 1.165) is 31.1 Å². The average Bonchev–Trinajstić information content (AvgIpc) is 2.35. The fourth-order valence-corrected chi connectivity index (χ4v) is 2.08. The van der Waals surface area contributed by atoms with Gasteiger partial charge in [0.1, 0.15) is 5.82 Å². The molecule has 0 radical (unpaired) electrons. The van der Waals surface area contributed by atoms with Crippen molar-refractivity contribution in [2.45, 2.75) is 54.1 Å². The van der Waals surface area contributed by atoms with E-state index in [1.54, 1.807) is 0 Å². The van der Waals surface area contributed by atoms with Gasteiger partial charge in [-0.15, -0.1) is 0 Å². The van der Waals surface area contributed by atoms with Crippen LogP contribution >= 0.6 is 0 Å². The lowest BCUT2D eigenvalue weighted by molar-refractivity contribution is 0.544. The van der Waals surface area contributed by atoms with Gasteiger partial charge in [-0.25, -0.2) is 4.98 Å². The Hall–Kier alpha value is -1.16. The molecule has 114 valence electrons. The van der Waals surface area contributed by atoms with Gasteiger partial charge in [0.05, 0.1) is 11.9 Å². The lowest BCUT2D eigenvalue weighted by Gasteiger charge is -2.27. The normalized spacial score (nSPS) is 11.7. The Kier molecular flexibility index (Phi) is 6.93. The van der Waals surface area contributed by atoms with Gasteiger partial charge < -0.3 is 10.2 Å². The Morgan fingerprint density at radius 1 is 1.00 bits per heavy atom. The smallest absolute Gasteiger partial charge is 0.147 e. The summed E-state index contributed by atoms with van der Waals surface area (Å²) in [4.78, 5) is 11.5. The van der Waals surface area contributed by atoms with Crippen LogP contribution in [0.25, 0.3) is 0 Å². The maximum Gasteiger partial charge on any atom is 0.147 e. The quantitative estimate of drug-likeness (QED) is 0.793. The van der Waals surface area contributed by atoms with E-state index < -0.39 is 0 Å². The van der Waals surface area contributed by atoms with Crippen molar-refractivity contribution in [1.29, 1.82) is 0 Å². The van der Waals surface area contributed by atoms with E-state index in [2.05, 4.69) is 56.7 Å². The fraction of sp³-hybridized carbons (Fsp3) is 0.750. The number of nitrogens with one attached hydrogen (secondary N) is 1. The molecule has 0 amide bonds. The first-order valence-electron chi connectivity index (χ1n) is 7.67. The molecule has 1 aromatic rings. The lowest BCUT2D eigenvalue weighted by atomic mass is 10.1. The number of nitrogens with zero attached hydrogens (tertiary/aromatic N) is 3. The number of anilines is 1. The maximum absolute atomic E-state index is 4.75. The zero-order chi connectivity index (χ0) is 15.1. The predicted molar refractivity (Wildman–Crippen MR) is 85.9 cm³/mol. The van der Waals surface area contributed by atoms with E-state index in [1.807, 2.05) is 12.4 Å². The molecule has 1 heterocycles. The summed E-state index contributed by atoms with van der Waals surface area (Å²) in [5.74, 6) is 2.23. The van der Waals surface area contributed by atoms with Gasteiger partial charge in [-0.05, 0) is 11.8 Å². The third-order valence-corrected chi connectivity index (χ3v) is 2.86. The molecular weight excluding hydrogens is 248 g/mol. The molecule has 1 aromatic heterocycles. The van der Waals surface area contributed by atoms with Crippen LogP contribution < -0.4 is 10.2 Å². The Labute approximate surface area is 124 Å². The number of hydrogen-bond acceptors (Lipinski definition) is 4. The molecule has 0 aliphatic carbocycles. The minimum atomic E-state index is 0.461. The molecule has 0 aromatic carbocycles. The number of aromatic nitrogens is 2. The van der Waals surface area contributed by atoms with Gasteiger partial charge in [0.25, 0.3) is 0 Å². The summed E-state index contributed by atoms with van der Waals surface area (Å²) < 4.78 is 0. The summed E-state index contributed by atoms with van der Waals surface area (Å²) in [5, 5.41) is 3.39. The molecule has 1 rings (SSSR count). The molecule has 0 saturated carbocycles. The van der Waals surface area contributed by atoms with Crippen LogP contribution in [0.2, 0.25) is 0 Å². The van der Waals surface area contributed by atoms with E-state index in [-0.39, 0.29) is 0 Å². The molecule has 0 aliphatic heterocycles. The molecule has 0 bridgehead atoms. The summed E-state index contributed by atoms with van der Waals surface area (Å²) in [6.07, 6.45) is 3.73. The van der Waals surface area contributed by atoms with Crippen LogP contribution in [0.5, 0.6) is 0 Å². The first kappa shape index (κ1) is 16.9.